The summed E-state index contributed by atoms with van der Waals surface area (Å²) in [6.45, 7) is 0. The number of nitrogens with zero attached hydrogens (tertiary/aromatic N) is 2. The van der Waals surface area contributed by atoms with Crippen molar-refractivity contribution < 1.29 is 14.3 Å². The predicted molar refractivity (Wildman–Crippen MR) is 88.3 cm³/mol. The van der Waals surface area contributed by atoms with E-state index in [1.54, 1.807) is 23.0 Å². The molecule has 0 saturated heterocycles. The van der Waals surface area contributed by atoms with Crippen LogP contribution in [0.4, 0.5) is 4.39 Å². The number of carboxylic acid groups (broad SMARTS) is 1. The van der Waals surface area contributed by atoms with Crippen LogP contribution in [0.1, 0.15) is 5.56 Å². The smallest absolute Gasteiger partial charge is 0.320 e. The second-order valence-electron chi connectivity index (χ2n) is 5.44. The van der Waals surface area contributed by atoms with Gasteiger partial charge in [-0.05, 0) is 24.3 Å². The summed E-state index contributed by atoms with van der Waals surface area (Å²) < 4.78 is 14.7. The van der Waals surface area contributed by atoms with Gasteiger partial charge in [-0.2, -0.15) is 5.10 Å². The average Bonchev–Trinajstić information content (AvgIpc) is 3.00. The highest BCUT2D eigenvalue weighted by molar-refractivity contribution is 5.74. The molecule has 1 aromatic heterocycles. The molecule has 0 aliphatic heterocycles. The molecule has 0 aliphatic rings. The summed E-state index contributed by atoms with van der Waals surface area (Å²) in [6.07, 6.45) is 1.89. The van der Waals surface area contributed by atoms with Crippen LogP contribution in [0.25, 0.3) is 16.9 Å². The number of halogens is 1. The first kappa shape index (κ1) is 15.9. The molecule has 0 spiro atoms. The van der Waals surface area contributed by atoms with Crippen LogP contribution in [0.5, 0.6) is 0 Å². The highest BCUT2D eigenvalue weighted by Gasteiger charge is 2.18. The fraction of sp³-hybridized carbons (Fsp3) is 0.111. The fourth-order valence-corrected chi connectivity index (χ4v) is 2.45. The first-order valence-electron chi connectivity index (χ1n) is 7.43. The summed E-state index contributed by atoms with van der Waals surface area (Å²) in [5.74, 6) is -1.40. The van der Waals surface area contributed by atoms with E-state index >= 15 is 0 Å². The van der Waals surface area contributed by atoms with Crippen LogP contribution >= 0.6 is 0 Å². The number of carboxylic acids is 1. The first-order valence-corrected chi connectivity index (χ1v) is 7.43. The molecule has 0 amide bonds. The van der Waals surface area contributed by atoms with Gasteiger partial charge in [0.15, 0.2) is 0 Å². The molecule has 0 fully saturated rings. The van der Waals surface area contributed by atoms with Crippen molar-refractivity contribution in [1.82, 2.24) is 9.78 Å². The first-order chi connectivity index (χ1) is 11.5. The van der Waals surface area contributed by atoms with Crippen molar-refractivity contribution in [2.75, 3.05) is 0 Å². The molecule has 0 bridgehead atoms. The van der Waals surface area contributed by atoms with E-state index in [9.17, 15) is 9.18 Å². The summed E-state index contributed by atoms with van der Waals surface area (Å²) in [5, 5.41) is 13.6. The normalized spacial score (nSPS) is 12.1. The van der Waals surface area contributed by atoms with Crippen molar-refractivity contribution in [1.29, 1.82) is 0 Å². The Morgan fingerprint density at radius 3 is 2.46 bits per heavy atom. The van der Waals surface area contributed by atoms with E-state index in [1.165, 1.54) is 12.1 Å². The highest BCUT2D eigenvalue weighted by atomic mass is 19.1. The summed E-state index contributed by atoms with van der Waals surface area (Å²) in [7, 11) is 0. The Morgan fingerprint density at radius 1 is 1.17 bits per heavy atom. The Bertz CT molecular complexity index is 844. The molecule has 24 heavy (non-hydrogen) atoms. The number of hydrogen-bond donors (Lipinski definition) is 2. The van der Waals surface area contributed by atoms with E-state index in [0.717, 1.165) is 11.1 Å². The third-order valence-electron chi connectivity index (χ3n) is 3.69. The molecule has 5 nitrogen and oxygen atoms in total. The van der Waals surface area contributed by atoms with Crippen molar-refractivity contribution in [2.24, 2.45) is 5.73 Å². The Hall–Kier alpha value is -2.99. The van der Waals surface area contributed by atoms with Gasteiger partial charge < -0.3 is 10.8 Å². The highest BCUT2D eigenvalue weighted by Crippen LogP contribution is 2.24. The lowest BCUT2D eigenvalue weighted by Gasteiger charge is -2.06. The standard InChI is InChI=1S/C18H16FN3O2/c19-14-6-8-15(9-7-14)22-11-13(10-16(20)18(23)24)17(21-22)12-4-2-1-3-5-12/h1-9,11,16H,10,20H2,(H,23,24). The van der Waals surface area contributed by atoms with Crippen LogP contribution in [-0.4, -0.2) is 26.9 Å². The maximum absolute atomic E-state index is 13.1. The van der Waals surface area contributed by atoms with Gasteiger partial charge in [-0.25, -0.2) is 9.07 Å². The molecule has 3 aromatic rings. The van der Waals surface area contributed by atoms with E-state index in [1.807, 2.05) is 30.3 Å². The van der Waals surface area contributed by atoms with Gasteiger partial charge in [0.1, 0.15) is 11.9 Å². The lowest BCUT2D eigenvalue weighted by atomic mass is 10.0. The van der Waals surface area contributed by atoms with E-state index in [0.29, 0.717) is 11.4 Å². The SMILES string of the molecule is NC(Cc1cn(-c2ccc(F)cc2)nc1-c1ccccc1)C(=O)O. The van der Waals surface area contributed by atoms with Crippen LogP contribution in [0.2, 0.25) is 0 Å². The molecule has 1 unspecified atom stereocenters. The minimum atomic E-state index is -1.07. The maximum atomic E-state index is 13.1. The van der Waals surface area contributed by atoms with Gasteiger partial charge >= 0.3 is 5.97 Å². The number of carbonyl (C=O) groups is 1. The molecule has 1 atom stereocenters. The molecule has 0 radical (unpaired) electrons. The quantitative estimate of drug-likeness (QED) is 0.755. The second kappa shape index (κ2) is 6.64. The lowest BCUT2D eigenvalue weighted by molar-refractivity contribution is -0.138. The average molecular weight is 325 g/mol. The van der Waals surface area contributed by atoms with E-state index in [4.69, 9.17) is 10.8 Å². The van der Waals surface area contributed by atoms with E-state index in [-0.39, 0.29) is 12.2 Å². The van der Waals surface area contributed by atoms with Crippen molar-refractivity contribution in [3.05, 3.63) is 72.2 Å². The van der Waals surface area contributed by atoms with Crippen LogP contribution in [0, 0.1) is 5.82 Å². The van der Waals surface area contributed by atoms with Gasteiger partial charge in [-0.15, -0.1) is 0 Å². The van der Waals surface area contributed by atoms with Gasteiger partial charge in [0.25, 0.3) is 0 Å². The van der Waals surface area contributed by atoms with Crippen molar-refractivity contribution in [3.8, 4) is 16.9 Å². The minimum Gasteiger partial charge on any atom is -0.480 e. The Labute approximate surface area is 138 Å². The molecule has 1 heterocycles. The van der Waals surface area contributed by atoms with E-state index in [2.05, 4.69) is 5.10 Å². The summed E-state index contributed by atoms with van der Waals surface area (Å²) in [4.78, 5) is 11.1. The number of aliphatic carboxylic acids is 1. The molecule has 122 valence electrons. The third kappa shape index (κ3) is 3.33. The molecular weight excluding hydrogens is 309 g/mol. The van der Waals surface area contributed by atoms with Gasteiger partial charge in [-0.3, -0.25) is 4.79 Å². The van der Waals surface area contributed by atoms with Crippen LogP contribution < -0.4 is 5.73 Å². The molecular formula is C18H16FN3O2. The third-order valence-corrected chi connectivity index (χ3v) is 3.69. The maximum Gasteiger partial charge on any atom is 0.320 e. The molecule has 0 aliphatic carbocycles. The zero-order valence-electron chi connectivity index (χ0n) is 12.8. The zero-order valence-corrected chi connectivity index (χ0v) is 12.8. The number of hydrogen-bond acceptors (Lipinski definition) is 3. The Balaban J connectivity index is 2.05. The van der Waals surface area contributed by atoms with Crippen molar-refractivity contribution in [3.63, 3.8) is 0 Å². The Kier molecular flexibility index (Phi) is 4.39. The topological polar surface area (TPSA) is 81.1 Å². The molecule has 6 heteroatoms. The minimum absolute atomic E-state index is 0.154. The monoisotopic (exact) mass is 325 g/mol. The van der Waals surface area contributed by atoms with Crippen LogP contribution in [0.15, 0.2) is 60.8 Å². The fourth-order valence-electron chi connectivity index (χ4n) is 2.45. The molecule has 3 rings (SSSR count). The van der Waals surface area contributed by atoms with Crippen LogP contribution in [0.3, 0.4) is 0 Å². The second-order valence-corrected chi connectivity index (χ2v) is 5.44. The molecule has 3 N–H and O–H groups in total. The van der Waals surface area contributed by atoms with Gasteiger partial charge in [0.2, 0.25) is 0 Å². The lowest BCUT2D eigenvalue weighted by Crippen LogP contribution is -2.32. The number of rotatable bonds is 5. The summed E-state index contributed by atoms with van der Waals surface area (Å²) in [5.41, 5.74) is 8.61. The van der Waals surface area contributed by atoms with Crippen molar-refractivity contribution in [2.45, 2.75) is 12.5 Å². The summed E-state index contributed by atoms with van der Waals surface area (Å²) in [6, 6.07) is 14.3. The van der Waals surface area contributed by atoms with Gasteiger partial charge in [-0.1, -0.05) is 30.3 Å². The van der Waals surface area contributed by atoms with E-state index < -0.39 is 12.0 Å². The zero-order chi connectivity index (χ0) is 17.1. The molecule has 0 saturated carbocycles. The van der Waals surface area contributed by atoms with Crippen molar-refractivity contribution >= 4 is 5.97 Å². The summed E-state index contributed by atoms with van der Waals surface area (Å²) >= 11 is 0. The largest absolute Gasteiger partial charge is 0.480 e. The van der Waals surface area contributed by atoms with Gasteiger partial charge in [0.05, 0.1) is 11.4 Å². The predicted octanol–water partition coefficient (Wildman–Crippen LogP) is 2.63. The molecule has 2 aromatic carbocycles. The number of benzene rings is 2. The van der Waals surface area contributed by atoms with Crippen LogP contribution in [-0.2, 0) is 11.2 Å². The Morgan fingerprint density at radius 2 is 1.83 bits per heavy atom. The number of aromatic nitrogens is 2. The van der Waals surface area contributed by atoms with Gasteiger partial charge in [0, 0.05) is 23.7 Å². The number of nitrogens with two attached hydrogens (primary N) is 1.